The minimum Gasteiger partial charge on any atom is -0.504 e. The monoisotopic (exact) mass is 729 g/mol. The molecule has 0 saturated heterocycles. The fourth-order valence-corrected chi connectivity index (χ4v) is 4.83. The van der Waals surface area contributed by atoms with E-state index >= 15 is 0 Å². The number of benzene rings is 3. The summed E-state index contributed by atoms with van der Waals surface area (Å²) in [5.74, 6) is -10.9. The second kappa shape index (κ2) is 17.7. The zero-order chi connectivity index (χ0) is 38.7. The van der Waals surface area contributed by atoms with Crippen molar-refractivity contribution < 1.29 is 69.9 Å². The highest BCUT2D eigenvalue weighted by atomic mass is 16.3. The van der Waals surface area contributed by atoms with Crippen molar-refractivity contribution in [1.29, 1.82) is 0 Å². The van der Waals surface area contributed by atoms with E-state index in [2.05, 4.69) is 21.3 Å². The van der Waals surface area contributed by atoms with E-state index in [-0.39, 0.29) is 61.9 Å². The Labute approximate surface area is 295 Å². The molecule has 0 bridgehead atoms. The Morgan fingerprint density at radius 1 is 0.481 bits per heavy atom. The molecule has 3 aromatic rings. The lowest BCUT2D eigenvalue weighted by molar-refractivity contribution is -0.128. The Morgan fingerprint density at radius 2 is 0.808 bits per heavy atom. The summed E-state index contributed by atoms with van der Waals surface area (Å²) >= 11 is 0. The third kappa shape index (κ3) is 10.6. The largest absolute Gasteiger partial charge is 0.504 e. The highest BCUT2D eigenvalue weighted by molar-refractivity contribution is 5.99. The third-order valence-electron chi connectivity index (χ3n) is 7.69. The second-order valence-electron chi connectivity index (χ2n) is 11.6. The van der Waals surface area contributed by atoms with E-state index in [4.69, 9.17) is 5.73 Å². The fraction of sp³-hybridized carbons (Fsp3) is 0.303. The zero-order valence-electron chi connectivity index (χ0n) is 27.4. The molecule has 280 valence electrons. The topological polar surface area (TPSA) is 342 Å². The summed E-state index contributed by atoms with van der Waals surface area (Å²) in [6, 6.07) is 2.98. The quantitative estimate of drug-likeness (QED) is 0.0657. The summed E-state index contributed by atoms with van der Waals surface area (Å²) in [5, 5.41) is 96.6. The molecule has 2 atom stereocenters. The van der Waals surface area contributed by atoms with Gasteiger partial charge in [0.25, 0.3) is 17.7 Å². The lowest BCUT2D eigenvalue weighted by atomic mass is 10.0. The van der Waals surface area contributed by atoms with Gasteiger partial charge in [0.05, 0.1) is 0 Å². The molecule has 52 heavy (non-hydrogen) atoms. The Morgan fingerprint density at radius 3 is 1.15 bits per heavy atom. The van der Waals surface area contributed by atoms with Crippen LogP contribution in [0.15, 0.2) is 36.4 Å². The molecule has 0 aliphatic rings. The zero-order valence-corrected chi connectivity index (χ0v) is 27.4. The number of nitrogens with two attached hydrogens (primary N) is 1. The number of nitrogens with one attached hydrogen (secondary N) is 4. The van der Waals surface area contributed by atoms with Gasteiger partial charge in [-0.25, -0.2) is 0 Å². The number of carbonyl (C=O) groups excluding carboxylic acids is 5. The molecule has 19 nitrogen and oxygen atoms in total. The van der Waals surface area contributed by atoms with E-state index in [0.717, 1.165) is 36.4 Å². The average Bonchev–Trinajstić information content (AvgIpc) is 3.09. The smallest absolute Gasteiger partial charge is 0.252 e. The summed E-state index contributed by atoms with van der Waals surface area (Å²) in [4.78, 5) is 63.3. The normalized spacial score (nSPS) is 11.9. The number of primary amides is 1. The first-order valence-corrected chi connectivity index (χ1v) is 15.7. The van der Waals surface area contributed by atoms with Crippen LogP contribution in [-0.4, -0.2) is 101 Å². The number of aromatic hydroxyl groups is 9. The summed E-state index contributed by atoms with van der Waals surface area (Å²) in [6.07, 6.45) is 0.978. The van der Waals surface area contributed by atoms with Crippen molar-refractivity contribution in [3.63, 3.8) is 0 Å². The van der Waals surface area contributed by atoms with Gasteiger partial charge < -0.3 is 73.0 Å². The summed E-state index contributed by atoms with van der Waals surface area (Å²) in [6.45, 7) is 0.121. The highest BCUT2D eigenvalue weighted by Crippen LogP contribution is 2.37. The van der Waals surface area contributed by atoms with Gasteiger partial charge in [0.1, 0.15) is 12.1 Å². The number of phenolic OH excluding ortho intramolecular Hbond substituents is 9. The lowest BCUT2D eigenvalue weighted by Gasteiger charge is -2.22. The van der Waals surface area contributed by atoms with Crippen molar-refractivity contribution >= 4 is 29.5 Å². The van der Waals surface area contributed by atoms with Gasteiger partial charge in [-0.2, -0.15) is 0 Å². The van der Waals surface area contributed by atoms with Crippen LogP contribution in [0.2, 0.25) is 0 Å². The van der Waals surface area contributed by atoms with Crippen LogP contribution in [0.3, 0.4) is 0 Å². The van der Waals surface area contributed by atoms with Crippen molar-refractivity contribution in [3.8, 4) is 51.7 Å². The molecule has 19 heteroatoms. The van der Waals surface area contributed by atoms with E-state index in [1.54, 1.807) is 0 Å². The number of unbranched alkanes of at least 4 members (excludes halogenated alkanes) is 2. The Balaban J connectivity index is 1.60. The van der Waals surface area contributed by atoms with Crippen LogP contribution >= 0.6 is 0 Å². The van der Waals surface area contributed by atoms with Gasteiger partial charge in [0.15, 0.2) is 51.7 Å². The Hall–Kier alpha value is -6.79. The molecule has 3 rings (SSSR count). The number of phenols is 9. The molecule has 0 aromatic heterocycles. The molecule has 0 radical (unpaired) electrons. The maximum Gasteiger partial charge on any atom is 0.252 e. The molecule has 15 N–H and O–H groups in total. The van der Waals surface area contributed by atoms with Crippen LogP contribution in [0, 0.1) is 0 Å². The number of hydrogen-bond donors (Lipinski definition) is 14. The first-order chi connectivity index (χ1) is 24.5. The first-order valence-electron chi connectivity index (χ1n) is 15.7. The Kier molecular flexibility index (Phi) is 13.5. The van der Waals surface area contributed by atoms with Crippen LogP contribution in [0.5, 0.6) is 51.7 Å². The van der Waals surface area contributed by atoms with Crippen LogP contribution < -0.4 is 27.0 Å². The van der Waals surface area contributed by atoms with Crippen LogP contribution in [-0.2, 0) is 9.59 Å². The predicted octanol–water partition coefficient (Wildman–Crippen LogP) is 0.306. The van der Waals surface area contributed by atoms with Gasteiger partial charge in [-0.05, 0) is 74.9 Å². The van der Waals surface area contributed by atoms with E-state index in [1.165, 1.54) is 0 Å². The number of carbonyl (C=O) groups is 5. The van der Waals surface area contributed by atoms with Gasteiger partial charge >= 0.3 is 0 Å². The minimum atomic E-state index is -1.31. The van der Waals surface area contributed by atoms with Crippen molar-refractivity contribution in [3.05, 3.63) is 53.1 Å². The molecule has 0 spiro atoms. The van der Waals surface area contributed by atoms with Gasteiger partial charge in [-0.3, -0.25) is 24.0 Å². The van der Waals surface area contributed by atoms with Crippen molar-refractivity contribution in [1.82, 2.24) is 21.3 Å². The van der Waals surface area contributed by atoms with E-state index in [0.29, 0.717) is 6.42 Å². The first kappa shape index (κ1) is 39.6. The second-order valence-corrected chi connectivity index (χ2v) is 11.6. The molecule has 0 saturated carbocycles. The maximum atomic E-state index is 13.3. The average molecular weight is 730 g/mol. The predicted molar refractivity (Wildman–Crippen MR) is 179 cm³/mol. The molecular weight excluding hydrogens is 690 g/mol. The van der Waals surface area contributed by atoms with Gasteiger partial charge in [-0.15, -0.1) is 0 Å². The standard InChI is InChI=1S/C33H39N5O14/c34-29(48)18(5-1-3-7-35-30(49)15-9-20(39)26(45)21(40)10-15)37-33(52)19(38-32(51)17-13-24(43)28(47)25(44)14-17)6-2-4-8-36-31(50)16-11-22(41)27(46)23(42)12-16/h9-14,18-19,39-47H,1-8H2,(H2,34,48)(H,35,49)(H,36,50)(H,37,52)(H,38,51)/t18?,19-/m1/s1. The fourth-order valence-electron chi connectivity index (χ4n) is 4.83. The van der Waals surface area contributed by atoms with Crippen molar-refractivity contribution in [2.45, 2.75) is 50.6 Å². The van der Waals surface area contributed by atoms with Crippen molar-refractivity contribution in [2.24, 2.45) is 5.73 Å². The minimum absolute atomic E-state index is 0.0203. The summed E-state index contributed by atoms with van der Waals surface area (Å²) < 4.78 is 0. The SMILES string of the molecule is NC(=O)C(CCCCNC(=O)c1cc(O)c(O)c(O)c1)NC(=O)[C@@H](CCCCNC(=O)c1cc(O)c(O)c(O)c1)NC(=O)c1cc(O)c(O)c(O)c1. The highest BCUT2D eigenvalue weighted by Gasteiger charge is 2.27. The third-order valence-corrected chi connectivity index (χ3v) is 7.69. The summed E-state index contributed by atoms with van der Waals surface area (Å²) in [7, 11) is 0. The molecule has 3 aromatic carbocycles. The molecule has 0 heterocycles. The molecule has 0 aliphatic heterocycles. The van der Waals surface area contributed by atoms with Crippen LogP contribution in [0.1, 0.15) is 69.6 Å². The molecular formula is C33H39N5O14. The molecule has 5 amide bonds. The number of rotatable bonds is 17. The molecule has 0 aliphatic carbocycles. The van der Waals surface area contributed by atoms with E-state index < -0.39 is 93.4 Å². The van der Waals surface area contributed by atoms with Crippen molar-refractivity contribution in [2.75, 3.05) is 13.1 Å². The van der Waals surface area contributed by atoms with E-state index in [1.807, 2.05) is 0 Å². The van der Waals surface area contributed by atoms with Crippen LogP contribution in [0.25, 0.3) is 0 Å². The Bertz CT molecular complexity index is 1760. The summed E-state index contributed by atoms with van der Waals surface area (Å²) in [5.41, 5.74) is 4.92. The van der Waals surface area contributed by atoms with Gasteiger partial charge in [0, 0.05) is 29.8 Å². The van der Waals surface area contributed by atoms with E-state index in [9.17, 15) is 69.9 Å². The lowest BCUT2D eigenvalue weighted by Crippen LogP contribution is -2.53. The number of hydrogen-bond acceptors (Lipinski definition) is 14. The van der Waals surface area contributed by atoms with Gasteiger partial charge in [-0.1, -0.05) is 0 Å². The van der Waals surface area contributed by atoms with Gasteiger partial charge in [0.2, 0.25) is 11.8 Å². The number of amides is 5. The molecule has 1 unspecified atom stereocenters. The molecule has 0 fully saturated rings. The van der Waals surface area contributed by atoms with Crippen LogP contribution in [0.4, 0.5) is 0 Å². The maximum absolute atomic E-state index is 13.3.